The summed E-state index contributed by atoms with van der Waals surface area (Å²) in [6.45, 7) is 6.45. The molecule has 5 heteroatoms. The maximum absolute atomic E-state index is 11.5. The van der Waals surface area contributed by atoms with Crippen molar-refractivity contribution in [3.63, 3.8) is 0 Å². The number of carbonyl (C=O) groups is 1. The maximum atomic E-state index is 11.5. The van der Waals surface area contributed by atoms with Gasteiger partial charge in [0, 0.05) is 31.9 Å². The van der Waals surface area contributed by atoms with E-state index in [0.717, 1.165) is 31.7 Å². The van der Waals surface area contributed by atoms with Crippen LogP contribution < -0.4 is 10.6 Å². The van der Waals surface area contributed by atoms with Gasteiger partial charge in [-0.2, -0.15) is 0 Å². The van der Waals surface area contributed by atoms with Crippen molar-refractivity contribution in [2.75, 3.05) is 44.7 Å². The molecule has 1 fully saturated rings. The average molecular weight is 291 g/mol. The number of hydrogen-bond donors (Lipinski definition) is 1. The lowest BCUT2D eigenvalue weighted by molar-refractivity contribution is -0.144. The molecule has 0 aliphatic carbocycles. The largest absolute Gasteiger partial charge is 0.465 e. The first kappa shape index (κ1) is 15.8. The fourth-order valence-electron chi connectivity index (χ4n) is 2.49. The van der Waals surface area contributed by atoms with Crippen LogP contribution in [-0.4, -0.2) is 56.7 Å². The van der Waals surface area contributed by atoms with Crippen LogP contribution in [0.2, 0.25) is 0 Å². The molecule has 1 atom stereocenters. The summed E-state index contributed by atoms with van der Waals surface area (Å²) in [5, 5.41) is 0. The van der Waals surface area contributed by atoms with Crippen LogP contribution in [0.15, 0.2) is 24.3 Å². The van der Waals surface area contributed by atoms with Crippen molar-refractivity contribution in [1.82, 2.24) is 4.90 Å². The molecule has 5 nitrogen and oxygen atoms in total. The number of benzene rings is 1. The molecular weight excluding hydrogens is 266 g/mol. The lowest BCUT2D eigenvalue weighted by Gasteiger charge is -2.34. The number of nitrogens with two attached hydrogens (primary N) is 1. The summed E-state index contributed by atoms with van der Waals surface area (Å²) < 4.78 is 4.93. The van der Waals surface area contributed by atoms with Crippen LogP contribution in [0.4, 0.5) is 5.69 Å². The number of ether oxygens (including phenoxy) is 1. The Hall–Kier alpha value is -1.59. The van der Waals surface area contributed by atoms with Gasteiger partial charge in [0.15, 0.2) is 0 Å². The zero-order valence-electron chi connectivity index (χ0n) is 12.9. The SMILES string of the molecule is CCOC(=O)C(N)Cc1ccc(N2CCN(C)CC2)cc1. The third kappa shape index (κ3) is 4.44. The van der Waals surface area contributed by atoms with Crippen molar-refractivity contribution in [3.8, 4) is 0 Å². The van der Waals surface area contributed by atoms with Gasteiger partial charge in [0.2, 0.25) is 0 Å². The zero-order chi connectivity index (χ0) is 15.2. The van der Waals surface area contributed by atoms with E-state index < -0.39 is 6.04 Å². The van der Waals surface area contributed by atoms with Crippen molar-refractivity contribution in [3.05, 3.63) is 29.8 Å². The third-order valence-electron chi connectivity index (χ3n) is 3.85. The highest BCUT2D eigenvalue weighted by Gasteiger charge is 2.16. The number of piperazine rings is 1. The van der Waals surface area contributed by atoms with E-state index in [1.807, 2.05) is 12.1 Å². The predicted molar refractivity (Wildman–Crippen MR) is 84.5 cm³/mol. The van der Waals surface area contributed by atoms with Crippen LogP contribution in [0, 0.1) is 0 Å². The van der Waals surface area contributed by atoms with Gasteiger partial charge in [-0.05, 0) is 38.1 Å². The highest BCUT2D eigenvalue weighted by molar-refractivity contribution is 5.75. The smallest absolute Gasteiger partial charge is 0.323 e. The number of likely N-dealkylation sites (N-methyl/N-ethyl adjacent to an activating group) is 1. The van der Waals surface area contributed by atoms with Crippen LogP contribution in [0.5, 0.6) is 0 Å². The summed E-state index contributed by atoms with van der Waals surface area (Å²) in [4.78, 5) is 16.3. The summed E-state index contributed by atoms with van der Waals surface area (Å²) >= 11 is 0. The molecule has 116 valence electrons. The second-order valence-corrected chi connectivity index (χ2v) is 5.52. The molecule has 2 N–H and O–H groups in total. The lowest BCUT2D eigenvalue weighted by Crippen LogP contribution is -2.44. The molecule has 21 heavy (non-hydrogen) atoms. The number of carbonyl (C=O) groups excluding carboxylic acids is 1. The molecule has 0 radical (unpaired) electrons. The molecule has 0 bridgehead atoms. The summed E-state index contributed by atoms with van der Waals surface area (Å²) in [5.41, 5.74) is 8.14. The molecule has 1 heterocycles. The van der Waals surface area contributed by atoms with E-state index in [-0.39, 0.29) is 5.97 Å². The van der Waals surface area contributed by atoms with Gasteiger partial charge in [-0.1, -0.05) is 12.1 Å². The second kappa shape index (κ2) is 7.43. The van der Waals surface area contributed by atoms with Crippen LogP contribution in [0.3, 0.4) is 0 Å². The van der Waals surface area contributed by atoms with Crippen LogP contribution in [0.25, 0.3) is 0 Å². The summed E-state index contributed by atoms with van der Waals surface area (Å²) in [5.74, 6) is -0.333. The first-order chi connectivity index (χ1) is 10.1. The third-order valence-corrected chi connectivity index (χ3v) is 3.85. The van der Waals surface area contributed by atoms with Crippen molar-refractivity contribution >= 4 is 11.7 Å². The van der Waals surface area contributed by atoms with Gasteiger partial charge >= 0.3 is 5.97 Å². The Balaban J connectivity index is 1.91. The van der Waals surface area contributed by atoms with Gasteiger partial charge in [0.05, 0.1) is 6.61 Å². The first-order valence-electron chi connectivity index (χ1n) is 7.54. The van der Waals surface area contributed by atoms with Crippen molar-refractivity contribution in [2.45, 2.75) is 19.4 Å². The van der Waals surface area contributed by atoms with Crippen LogP contribution in [0.1, 0.15) is 12.5 Å². The molecule has 0 aromatic heterocycles. The second-order valence-electron chi connectivity index (χ2n) is 5.52. The lowest BCUT2D eigenvalue weighted by atomic mass is 10.1. The van der Waals surface area contributed by atoms with E-state index in [4.69, 9.17) is 10.5 Å². The first-order valence-corrected chi connectivity index (χ1v) is 7.54. The van der Waals surface area contributed by atoms with Gasteiger partial charge in [-0.3, -0.25) is 4.79 Å². The predicted octanol–water partition coefficient (Wildman–Crippen LogP) is 0.871. The zero-order valence-corrected chi connectivity index (χ0v) is 12.9. The Morgan fingerprint density at radius 1 is 1.24 bits per heavy atom. The highest BCUT2D eigenvalue weighted by Crippen LogP contribution is 2.17. The Labute approximate surface area is 126 Å². The monoisotopic (exact) mass is 291 g/mol. The van der Waals surface area contributed by atoms with E-state index >= 15 is 0 Å². The van der Waals surface area contributed by atoms with E-state index in [9.17, 15) is 4.79 Å². The molecule has 0 spiro atoms. The molecular formula is C16H25N3O2. The topological polar surface area (TPSA) is 58.8 Å². The average Bonchev–Trinajstić information content (AvgIpc) is 2.49. The van der Waals surface area contributed by atoms with E-state index in [1.165, 1.54) is 5.69 Å². The number of esters is 1. The molecule has 1 aliphatic rings. The van der Waals surface area contributed by atoms with Crippen molar-refractivity contribution < 1.29 is 9.53 Å². The quantitative estimate of drug-likeness (QED) is 0.816. The Morgan fingerprint density at radius 2 is 1.86 bits per heavy atom. The minimum atomic E-state index is -0.584. The van der Waals surface area contributed by atoms with Gasteiger partial charge < -0.3 is 20.3 Å². The summed E-state index contributed by atoms with van der Waals surface area (Å²) in [6.07, 6.45) is 0.516. The molecule has 1 aromatic carbocycles. The highest BCUT2D eigenvalue weighted by atomic mass is 16.5. The van der Waals surface area contributed by atoms with Crippen molar-refractivity contribution in [1.29, 1.82) is 0 Å². The van der Waals surface area contributed by atoms with E-state index in [0.29, 0.717) is 13.0 Å². The van der Waals surface area contributed by atoms with Crippen molar-refractivity contribution in [2.24, 2.45) is 5.73 Å². The van der Waals surface area contributed by atoms with Gasteiger partial charge in [-0.15, -0.1) is 0 Å². The van der Waals surface area contributed by atoms with Gasteiger partial charge in [0.1, 0.15) is 6.04 Å². The van der Waals surface area contributed by atoms with Gasteiger partial charge in [-0.25, -0.2) is 0 Å². The Morgan fingerprint density at radius 3 is 2.43 bits per heavy atom. The van der Waals surface area contributed by atoms with Gasteiger partial charge in [0.25, 0.3) is 0 Å². The van der Waals surface area contributed by atoms with E-state index in [1.54, 1.807) is 6.92 Å². The standard InChI is InChI=1S/C16H25N3O2/c1-3-21-16(20)15(17)12-13-4-6-14(7-5-13)19-10-8-18(2)9-11-19/h4-7,15H,3,8-12,17H2,1-2H3. The number of nitrogens with zero attached hydrogens (tertiary/aromatic N) is 2. The Kier molecular flexibility index (Phi) is 5.59. The summed E-state index contributed by atoms with van der Waals surface area (Å²) in [6, 6.07) is 7.73. The molecule has 1 aromatic rings. The van der Waals surface area contributed by atoms with E-state index in [2.05, 4.69) is 29.0 Å². The normalized spacial score (nSPS) is 17.6. The fourth-order valence-corrected chi connectivity index (χ4v) is 2.49. The number of rotatable bonds is 5. The molecule has 1 saturated heterocycles. The fraction of sp³-hybridized carbons (Fsp3) is 0.562. The number of hydrogen-bond acceptors (Lipinski definition) is 5. The minimum Gasteiger partial charge on any atom is -0.465 e. The molecule has 0 saturated carbocycles. The maximum Gasteiger partial charge on any atom is 0.323 e. The van der Waals surface area contributed by atoms with Crippen LogP contribution in [-0.2, 0) is 16.0 Å². The summed E-state index contributed by atoms with van der Waals surface area (Å²) in [7, 11) is 2.15. The molecule has 0 amide bonds. The number of anilines is 1. The minimum absolute atomic E-state index is 0.333. The molecule has 1 aliphatic heterocycles. The van der Waals surface area contributed by atoms with Crippen LogP contribution >= 0.6 is 0 Å². The Bertz CT molecular complexity index is 453. The molecule has 2 rings (SSSR count). The molecule has 1 unspecified atom stereocenters.